The summed E-state index contributed by atoms with van der Waals surface area (Å²) in [6.45, 7) is 2.09. The summed E-state index contributed by atoms with van der Waals surface area (Å²) in [4.78, 5) is 3.88. The first-order valence-electron chi connectivity index (χ1n) is 4.42. The van der Waals surface area contributed by atoms with Crippen molar-refractivity contribution in [3.63, 3.8) is 0 Å². The van der Waals surface area contributed by atoms with E-state index in [2.05, 4.69) is 11.9 Å². The highest BCUT2D eigenvalue weighted by Gasteiger charge is 2.06. The van der Waals surface area contributed by atoms with E-state index in [0.29, 0.717) is 11.6 Å². The first-order valence-corrected chi connectivity index (χ1v) is 4.42. The second kappa shape index (κ2) is 4.09. The maximum absolute atomic E-state index is 5.90. The lowest BCUT2D eigenvalue weighted by molar-refractivity contribution is 0.638. The van der Waals surface area contributed by atoms with Crippen LogP contribution in [-0.4, -0.2) is 4.98 Å². The summed E-state index contributed by atoms with van der Waals surface area (Å²) in [5.41, 5.74) is 18.0. The van der Waals surface area contributed by atoms with Gasteiger partial charge in [-0.05, 0) is 24.1 Å². The first-order chi connectivity index (χ1) is 6.13. The number of rotatable bonds is 3. The highest BCUT2D eigenvalue weighted by Crippen LogP contribution is 2.18. The van der Waals surface area contributed by atoms with Gasteiger partial charge in [-0.2, -0.15) is 0 Å². The molecule has 0 aromatic carbocycles. The van der Waals surface area contributed by atoms with E-state index >= 15 is 0 Å². The third-order valence-electron chi connectivity index (χ3n) is 1.92. The summed E-state index contributed by atoms with van der Waals surface area (Å²) < 4.78 is 0. The minimum atomic E-state index is 0.0117. The van der Waals surface area contributed by atoms with Gasteiger partial charge in [0.2, 0.25) is 0 Å². The maximum Gasteiger partial charge on any atom is 0.126 e. The Kier molecular flexibility index (Phi) is 3.08. The number of anilines is 2. The standard InChI is InChI=1S/C9H16N4/c1-2-3-7(10)6-4-8(11)13-9(12)5-6/h4-5,7H,2-3,10H2,1H3,(H4,11,12,13). The molecule has 1 heterocycles. The zero-order chi connectivity index (χ0) is 9.84. The van der Waals surface area contributed by atoms with Gasteiger partial charge >= 0.3 is 0 Å². The van der Waals surface area contributed by atoms with Gasteiger partial charge in [0.15, 0.2) is 0 Å². The second-order valence-corrected chi connectivity index (χ2v) is 3.15. The van der Waals surface area contributed by atoms with Crippen LogP contribution < -0.4 is 17.2 Å². The molecule has 0 aliphatic heterocycles. The lowest BCUT2D eigenvalue weighted by atomic mass is 10.0. The van der Waals surface area contributed by atoms with Gasteiger partial charge in [-0.1, -0.05) is 13.3 Å². The van der Waals surface area contributed by atoms with Gasteiger partial charge in [0.25, 0.3) is 0 Å². The molecule has 0 saturated carbocycles. The normalized spacial score (nSPS) is 12.8. The lowest BCUT2D eigenvalue weighted by Crippen LogP contribution is -2.11. The predicted octanol–water partition coefficient (Wildman–Crippen LogP) is 1.05. The van der Waals surface area contributed by atoms with Gasteiger partial charge in [-0.15, -0.1) is 0 Å². The van der Waals surface area contributed by atoms with Gasteiger partial charge in [-0.3, -0.25) is 0 Å². The molecule has 4 nitrogen and oxygen atoms in total. The summed E-state index contributed by atoms with van der Waals surface area (Å²) >= 11 is 0. The Morgan fingerprint density at radius 3 is 2.31 bits per heavy atom. The molecule has 1 aromatic rings. The van der Waals surface area contributed by atoms with Crippen molar-refractivity contribution in [2.24, 2.45) is 5.73 Å². The van der Waals surface area contributed by atoms with Gasteiger partial charge in [0.05, 0.1) is 0 Å². The molecular formula is C9H16N4. The Labute approximate surface area is 78.1 Å². The number of hydrogen-bond donors (Lipinski definition) is 3. The van der Waals surface area contributed by atoms with Crippen molar-refractivity contribution in [3.8, 4) is 0 Å². The van der Waals surface area contributed by atoms with Crippen molar-refractivity contribution >= 4 is 11.6 Å². The van der Waals surface area contributed by atoms with E-state index in [0.717, 1.165) is 18.4 Å². The highest BCUT2D eigenvalue weighted by atomic mass is 14.9. The van der Waals surface area contributed by atoms with Crippen LogP contribution >= 0.6 is 0 Å². The number of hydrogen-bond acceptors (Lipinski definition) is 4. The maximum atomic E-state index is 5.90. The quantitative estimate of drug-likeness (QED) is 0.648. The SMILES string of the molecule is CCCC(N)c1cc(N)nc(N)c1. The fourth-order valence-corrected chi connectivity index (χ4v) is 1.29. The molecule has 1 atom stereocenters. The Morgan fingerprint density at radius 1 is 1.31 bits per heavy atom. The second-order valence-electron chi connectivity index (χ2n) is 3.15. The number of nitrogens with two attached hydrogens (primary N) is 3. The van der Waals surface area contributed by atoms with Gasteiger partial charge in [0.1, 0.15) is 11.6 Å². The minimum Gasteiger partial charge on any atom is -0.384 e. The zero-order valence-electron chi connectivity index (χ0n) is 7.83. The predicted molar refractivity (Wildman–Crippen MR) is 54.9 cm³/mol. The summed E-state index contributed by atoms with van der Waals surface area (Å²) in [6, 6.07) is 3.56. The average Bonchev–Trinajstić information content (AvgIpc) is 2.03. The van der Waals surface area contributed by atoms with Gasteiger partial charge in [-0.25, -0.2) is 4.98 Å². The van der Waals surface area contributed by atoms with Crippen molar-refractivity contribution in [2.45, 2.75) is 25.8 Å². The Balaban J connectivity index is 2.87. The van der Waals surface area contributed by atoms with Crippen molar-refractivity contribution in [3.05, 3.63) is 17.7 Å². The molecule has 72 valence electrons. The van der Waals surface area contributed by atoms with E-state index in [1.165, 1.54) is 0 Å². The van der Waals surface area contributed by atoms with Crippen LogP contribution in [-0.2, 0) is 0 Å². The van der Waals surface area contributed by atoms with E-state index in [9.17, 15) is 0 Å². The van der Waals surface area contributed by atoms with E-state index in [-0.39, 0.29) is 6.04 Å². The fourth-order valence-electron chi connectivity index (χ4n) is 1.29. The van der Waals surface area contributed by atoms with Crippen LogP contribution in [0.25, 0.3) is 0 Å². The molecule has 1 rings (SSSR count). The summed E-state index contributed by atoms with van der Waals surface area (Å²) in [5.74, 6) is 0.864. The summed E-state index contributed by atoms with van der Waals surface area (Å²) in [5, 5.41) is 0. The molecule has 0 amide bonds. The van der Waals surface area contributed by atoms with E-state index in [1.54, 1.807) is 12.1 Å². The van der Waals surface area contributed by atoms with Crippen LogP contribution in [0.1, 0.15) is 31.4 Å². The van der Waals surface area contributed by atoms with E-state index < -0.39 is 0 Å². The minimum absolute atomic E-state index is 0.0117. The third kappa shape index (κ3) is 2.59. The monoisotopic (exact) mass is 180 g/mol. The zero-order valence-corrected chi connectivity index (χ0v) is 7.83. The molecule has 0 saturated heterocycles. The van der Waals surface area contributed by atoms with Crippen LogP contribution in [0, 0.1) is 0 Å². The molecule has 0 fully saturated rings. The molecule has 0 radical (unpaired) electrons. The van der Waals surface area contributed by atoms with Crippen LogP contribution in [0.2, 0.25) is 0 Å². The Bertz CT molecular complexity index is 265. The topological polar surface area (TPSA) is 91.0 Å². The summed E-state index contributed by atoms with van der Waals surface area (Å²) in [6.07, 6.45) is 1.98. The van der Waals surface area contributed by atoms with Crippen molar-refractivity contribution in [2.75, 3.05) is 11.5 Å². The smallest absolute Gasteiger partial charge is 0.126 e. The van der Waals surface area contributed by atoms with Crippen LogP contribution in [0.5, 0.6) is 0 Å². The van der Waals surface area contributed by atoms with Crippen molar-refractivity contribution in [1.82, 2.24) is 4.98 Å². The van der Waals surface area contributed by atoms with E-state index in [4.69, 9.17) is 17.2 Å². The molecule has 4 heteroatoms. The number of pyridine rings is 1. The molecule has 0 aliphatic rings. The van der Waals surface area contributed by atoms with Crippen molar-refractivity contribution < 1.29 is 0 Å². The van der Waals surface area contributed by atoms with E-state index in [1.807, 2.05) is 0 Å². The average molecular weight is 180 g/mol. The molecule has 13 heavy (non-hydrogen) atoms. The molecular weight excluding hydrogens is 164 g/mol. The molecule has 0 aliphatic carbocycles. The first kappa shape index (κ1) is 9.80. The van der Waals surface area contributed by atoms with Gasteiger partial charge in [0, 0.05) is 6.04 Å². The Morgan fingerprint density at radius 2 is 1.85 bits per heavy atom. The molecule has 1 aromatic heterocycles. The van der Waals surface area contributed by atoms with Crippen LogP contribution in [0.15, 0.2) is 12.1 Å². The molecule has 0 spiro atoms. The molecule has 1 unspecified atom stereocenters. The van der Waals surface area contributed by atoms with Crippen molar-refractivity contribution in [1.29, 1.82) is 0 Å². The largest absolute Gasteiger partial charge is 0.384 e. The third-order valence-corrected chi connectivity index (χ3v) is 1.92. The van der Waals surface area contributed by atoms with Crippen LogP contribution in [0.4, 0.5) is 11.6 Å². The highest BCUT2D eigenvalue weighted by molar-refractivity contribution is 5.44. The van der Waals surface area contributed by atoms with Gasteiger partial charge < -0.3 is 17.2 Å². The number of aromatic nitrogens is 1. The molecule has 0 bridgehead atoms. The number of nitrogen functional groups attached to an aromatic ring is 2. The lowest BCUT2D eigenvalue weighted by Gasteiger charge is -2.11. The summed E-state index contributed by atoms with van der Waals surface area (Å²) in [7, 11) is 0. The van der Waals surface area contributed by atoms with Crippen LogP contribution in [0.3, 0.4) is 0 Å². The fraction of sp³-hybridized carbons (Fsp3) is 0.444. The molecule has 6 N–H and O–H groups in total. The number of nitrogens with zero attached hydrogens (tertiary/aromatic N) is 1. The Hall–Kier alpha value is -1.29.